The summed E-state index contributed by atoms with van der Waals surface area (Å²) in [5, 5.41) is 18.8. The Kier molecular flexibility index (Phi) is 11.1. The minimum absolute atomic E-state index is 0. The van der Waals surface area contributed by atoms with E-state index in [4.69, 9.17) is 14.8 Å². The van der Waals surface area contributed by atoms with E-state index in [0.717, 1.165) is 55.4 Å². The number of halogens is 3. The molecule has 3 aliphatic heterocycles. The molecule has 2 aromatic rings. The second-order valence-corrected chi connectivity index (χ2v) is 11.7. The quantitative estimate of drug-likeness (QED) is 0.282. The fraction of sp³-hybridized carbons (Fsp3) is 0.625. The average Bonchev–Trinajstić information content (AvgIpc) is 2.83. The van der Waals surface area contributed by atoms with Crippen molar-refractivity contribution in [3.05, 3.63) is 19.9 Å². The van der Waals surface area contributed by atoms with E-state index in [1.54, 1.807) is 6.92 Å². The number of carboxylic acid groups (broad SMARTS) is 1. The molecule has 13 heteroatoms. The number of nitrogens with zero attached hydrogens (tertiary/aromatic N) is 5. The predicted octanol–water partition coefficient (Wildman–Crippen LogP) is 0.560. The third kappa shape index (κ3) is 6.98. The summed E-state index contributed by atoms with van der Waals surface area (Å²) in [6, 6.07) is 2.14. The molecule has 1 amide bonds. The summed E-state index contributed by atoms with van der Waals surface area (Å²) in [5.74, 6) is 0.287. The number of likely N-dealkylation sites (tertiary alicyclic amines) is 2. The maximum Gasteiger partial charge on any atom is 1.00 e. The summed E-state index contributed by atoms with van der Waals surface area (Å²) in [6.07, 6.45) is 2.70. The largest absolute Gasteiger partial charge is 1.00 e. The maximum absolute atomic E-state index is 15.2. The monoisotopic (exact) mass is 701 g/mol. The molecule has 1 spiro atoms. The summed E-state index contributed by atoms with van der Waals surface area (Å²) in [5.41, 5.74) is 0.310. The number of ether oxygens (including phenoxy) is 1. The third-order valence-electron chi connectivity index (χ3n) is 7.17. The molecule has 1 aromatic heterocycles. The van der Waals surface area contributed by atoms with Crippen molar-refractivity contribution >= 4 is 61.3 Å². The summed E-state index contributed by atoms with van der Waals surface area (Å²) < 4.78 is 22.5. The second kappa shape index (κ2) is 13.2. The number of anilines is 1. The number of rotatable bonds is 3. The van der Waals surface area contributed by atoms with Gasteiger partial charge in [-0.25, -0.2) is 9.18 Å². The Morgan fingerprint density at radius 2 is 1.86 bits per heavy atom. The standard InChI is InChI=1S/C22H26BrFIN5O3.C2H5O.Na/c1-28-6-2-13(3-7-28)33-20-26-18-14(10-15(25)16(23)17(18)24)19(27-20)29-8-4-22(5-9-29)11-30(12-22)21(31)32;1-2-3;/h10,13H,2-9,11-12H2,1H3,(H,31,32);2H2,1H3;/q;-1;+1. The molecule has 0 unspecified atom stereocenters. The first-order valence-corrected chi connectivity index (χ1v) is 14.0. The molecule has 1 aromatic carbocycles. The minimum atomic E-state index is -0.851. The Labute approximate surface area is 260 Å². The number of aromatic nitrogens is 2. The molecule has 9 nitrogen and oxygen atoms in total. The average molecular weight is 702 g/mol. The number of amides is 1. The topological polar surface area (TPSA) is 105 Å². The number of benzene rings is 1. The summed E-state index contributed by atoms with van der Waals surface area (Å²) in [4.78, 5) is 26.3. The zero-order valence-electron chi connectivity index (χ0n) is 21.5. The van der Waals surface area contributed by atoms with Gasteiger partial charge in [-0.3, -0.25) is 0 Å². The first-order valence-electron chi connectivity index (χ1n) is 12.2. The van der Waals surface area contributed by atoms with E-state index in [0.29, 0.717) is 28.8 Å². The molecule has 3 aliphatic rings. The second-order valence-electron chi connectivity index (χ2n) is 9.75. The van der Waals surface area contributed by atoms with E-state index in [1.807, 2.05) is 6.07 Å². The van der Waals surface area contributed by atoms with Crippen molar-refractivity contribution in [2.45, 2.75) is 38.7 Å². The Morgan fingerprint density at radius 3 is 2.43 bits per heavy atom. The van der Waals surface area contributed by atoms with Crippen LogP contribution in [0.25, 0.3) is 10.9 Å². The van der Waals surface area contributed by atoms with Gasteiger partial charge in [0.05, 0.1) is 4.47 Å². The van der Waals surface area contributed by atoms with Gasteiger partial charge < -0.3 is 29.6 Å². The van der Waals surface area contributed by atoms with Gasteiger partial charge in [0, 0.05) is 53.6 Å². The van der Waals surface area contributed by atoms with Crippen LogP contribution in [0.5, 0.6) is 6.01 Å². The molecule has 3 saturated heterocycles. The van der Waals surface area contributed by atoms with Crippen LogP contribution in [0, 0.1) is 14.8 Å². The molecule has 0 aliphatic carbocycles. The van der Waals surface area contributed by atoms with Crippen LogP contribution in [0.1, 0.15) is 32.6 Å². The van der Waals surface area contributed by atoms with Crippen molar-refractivity contribution in [3.63, 3.8) is 0 Å². The van der Waals surface area contributed by atoms with Gasteiger partial charge in [-0.2, -0.15) is 9.97 Å². The Bertz CT molecular complexity index is 1110. The van der Waals surface area contributed by atoms with E-state index < -0.39 is 11.9 Å². The van der Waals surface area contributed by atoms with Crippen LogP contribution in [0.4, 0.5) is 15.0 Å². The Balaban J connectivity index is 0.000000908. The summed E-state index contributed by atoms with van der Waals surface area (Å²) in [6.45, 7) is 6.12. The summed E-state index contributed by atoms with van der Waals surface area (Å²) >= 11 is 5.46. The van der Waals surface area contributed by atoms with Crippen LogP contribution in [0.15, 0.2) is 10.5 Å². The first kappa shape index (κ1) is 31.0. The molecule has 0 bridgehead atoms. The van der Waals surface area contributed by atoms with Gasteiger partial charge in [0.15, 0.2) is 5.82 Å². The van der Waals surface area contributed by atoms with Gasteiger partial charge >= 0.3 is 41.7 Å². The fourth-order valence-corrected chi connectivity index (χ4v) is 5.94. The van der Waals surface area contributed by atoms with Crippen LogP contribution in [-0.2, 0) is 0 Å². The molecular weight excluding hydrogens is 671 g/mol. The number of carbonyl (C=O) groups is 1. The molecule has 198 valence electrons. The normalized spacial score (nSPS) is 19.6. The fourth-order valence-electron chi connectivity index (χ4n) is 5.09. The smallest absolute Gasteiger partial charge is 0.855 e. The SMILES string of the molecule is CC[O-].CN1CCC(Oc2nc(N3CCC4(CC3)CN(C(=O)O)C4)c3cc(I)c(Br)c(F)c3n2)CC1.[Na+]. The molecule has 5 rings (SSSR count). The van der Waals surface area contributed by atoms with Crippen molar-refractivity contribution in [1.82, 2.24) is 19.8 Å². The van der Waals surface area contributed by atoms with Crippen molar-refractivity contribution in [1.29, 1.82) is 0 Å². The minimum Gasteiger partial charge on any atom is -0.855 e. The maximum atomic E-state index is 15.2. The van der Waals surface area contributed by atoms with Crippen LogP contribution >= 0.6 is 38.5 Å². The molecule has 0 radical (unpaired) electrons. The number of piperidine rings is 2. The van der Waals surface area contributed by atoms with E-state index in [1.165, 1.54) is 4.90 Å². The van der Waals surface area contributed by atoms with E-state index in [9.17, 15) is 9.90 Å². The Hall–Kier alpha value is -0.510. The molecule has 37 heavy (non-hydrogen) atoms. The van der Waals surface area contributed by atoms with E-state index >= 15 is 4.39 Å². The van der Waals surface area contributed by atoms with Gasteiger partial charge in [-0.15, -0.1) is 6.61 Å². The van der Waals surface area contributed by atoms with Crippen molar-refractivity contribution in [3.8, 4) is 6.01 Å². The number of fused-ring (bicyclic) bond motifs is 1. The van der Waals surface area contributed by atoms with Gasteiger partial charge in [0.25, 0.3) is 0 Å². The molecule has 0 atom stereocenters. The van der Waals surface area contributed by atoms with Crippen molar-refractivity contribution in [2.75, 3.05) is 57.8 Å². The van der Waals surface area contributed by atoms with Crippen LogP contribution in [-0.4, -0.2) is 90.0 Å². The van der Waals surface area contributed by atoms with Crippen LogP contribution in [0.3, 0.4) is 0 Å². The predicted molar refractivity (Wildman–Crippen MR) is 145 cm³/mol. The van der Waals surface area contributed by atoms with Gasteiger partial charge in [-0.1, -0.05) is 6.92 Å². The summed E-state index contributed by atoms with van der Waals surface area (Å²) in [7, 11) is 2.09. The molecule has 4 heterocycles. The molecular formula is C24H31BrFIN5NaO4. The molecule has 0 saturated carbocycles. The van der Waals surface area contributed by atoms with Crippen molar-refractivity contribution in [2.24, 2.45) is 5.41 Å². The van der Waals surface area contributed by atoms with Crippen molar-refractivity contribution < 1.29 is 53.7 Å². The Morgan fingerprint density at radius 1 is 1.27 bits per heavy atom. The van der Waals surface area contributed by atoms with Crippen LogP contribution in [0.2, 0.25) is 0 Å². The number of hydrogen-bond donors (Lipinski definition) is 1. The first-order chi connectivity index (χ1) is 17.2. The zero-order chi connectivity index (χ0) is 26.0. The van der Waals surface area contributed by atoms with Gasteiger partial charge in [0.1, 0.15) is 17.4 Å². The molecule has 3 fully saturated rings. The zero-order valence-corrected chi connectivity index (χ0v) is 27.2. The number of hydrogen-bond acceptors (Lipinski definition) is 7. The third-order valence-corrected chi connectivity index (χ3v) is 9.54. The van der Waals surface area contributed by atoms with E-state index in [2.05, 4.69) is 60.4 Å². The van der Waals surface area contributed by atoms with Gasteiger partial charge in [-0.05, 0) is 77.3 Å². The van der Waals surface area contributed by atoms with E-state index in [-0.39, 0.29) is 59.2 Å². The molecule has 1 N–H and O–H groups in total. The van der Waals surface area contributed by atoms with Gasteiger partial charge in [0.2, 0.25) is 0 Å². The van der Waals surface area contributed by atoms with Crippen LogP contribution < -0.4 is 44.3 Å².